The molecule has 0 atom stereocenters. The molecule has 5 nitrogen and oxygen atoms in total. The van der Waals surface area contributed by atoms with Crippen LogP contribution in [0, 0.1) is 5.92 Å². The van der Waals surface area contributed by atoms with Crippen LogP contribution in [0.15, 0.2) is 29.3 Å². The molecule has 25 heavy (non-hydrogen) atoms. The van der Waals surface area contributed by atoms with E-state index in [2.05, 4.69) is 48.3 Å². The summed E-state index contributed by atoms with van der Waals surface area (Å²) < 4.78 is 5.22. The number of hydrogen-bond donors (Lipinski definition) is 1. The van der Waals surface area contributed by atoms with E-state index in [-0.39, 0.29) is 0 Å². The monoisotopic (exact) mass is 346 g/mol. The summed E-state index contributed by atoms with van der Waals surface area (Å²) in [5.41, 5.74) is 1.25. The van der Waals surface area contributed by atoms with Gasteiger partial charge in [0, 0.05) is 26.7 Å². The van der Waals surface area contributed by atoms with Gasteiger partial charge >= 0.3 is 0 Å². The summed E-state index contributed by atoms with van der Waals surface area (Å²) >= 11 is 0. The number of benzene rings is 1. The Morgan fingerprint density at radius 1 is 1.28 bits per heavy atom. The van der Waals surface area contributed by atoms with Crippen LogP contribution in [0.1, 0.15) is 31.7 Å². The zero-order valence-corrected chi connectivity index (χ0v) is 16.3. The maximum absolute atomic E-state index is 5.22. The molecule has 0 unspecified atom stereocenters. The first kappa shape index (κ1) is 19.6. The number of ether oxygens (including phenoxy) is 1. The van der Waals surface area contributed by atoms with Gasteiger partial charge in [0.15, 0.2) is 5.96 Å². The van der Waals surface area contributed by atoms with Crippen molar-refractivity contribution >= 4 is 5.96 Å². The number of nitrogens with zero attached hydrogens (tertiary/aromatic N) is 3. The lowest BCUT2D eigenvalue weighted by molar-refractivity contribution is 0.214. The first-order valence-corrected chi connectivity index (χ1v) is 9.43. The van der Waals surface area contributed by atoms with Crippen LogP contribution in [0.3, 0.4) is 0 Å². The van der Waals surface area contributed by atoms with Crippen molar-refractivity contribution in [1.29, 1.82) is 0 Å². The lowest BCUT2D eigenvalue weighted by Gasteiger charge is -2.28. The molecule has 1 fully saturated rings. The summed E-state index contributed by atoms with van der Waals surface area (Å²) in [5, 5.41) is 3.41. The van der Waals surface area contributed by atoms with Crippen LogP contribution in [-0.2, 0) is 6.54 Å². The van der Waals surface area contributed by atoms with E-state index in [4.69, 9.17) is 9.73 Å². The Morgan fingerprint density at radius 2 is 1.96 bits per heavy atom. The normalized spacial score (nSPS) is 16.7. The Hall–Kier alpha value is -1.75. The van der Waals surface area contributed by atoms with E-state index in [0.29, 0.717) is 0 Å². The van der Waals surface area contributed by atoms with E-state index in [9.17, 15) is 0 Å². The van der Waals surface area contributed by atoms with Gasteiger partial charge < -0.3 is 19.9 Å². The molecule has 0 aliphatic carbocycles. The molecule has 0 spiro atoms. The van der Waals surface area contributed by atoms with Gasteiger partial charge in [-0.15, -0.1) is 0 Å². The van der Waals surface area contributed by atoms with Crippen molar-refractivity contribution in [3.8, 4) is 5.75 Å². The third-order valence-electron chi connectivity index (χ3n) is 4.91. The van der Waals surface area contributed by atoms with Gasteiger partial charge in [0.05, 0.1) is 7.11 Å². The maximum atomic E-state index is 5.22. The Labute approximate surface area is 153 Å². The lowest BCUT2D eigenvalue weighted by atomic mass is 9.94. The van der Waals surface area contributed by atoms with Gasteiger partial charge in [-0.25, -0.2) is 0 Å². The highest BCUT2D eigenvalue weighted by atomic mass is 16.5. The number of piperidine rings is 1. The second-order valence-electron chi connectivity index (χ2n) is 6.98. The van der Waals surface area contributed by atoms with Crippen LogP contribution >= 0.6 is 0 Å². The van der Waals surface area contributed by atoms with Crippen LogP contribution in [0.25, 0.3) is 0 Å². The van der Waals surface area contributed by atoms with E-state index in [0.717, 1.165) is 37.3 Å². The fourth-order valence-corrected chi connectivity index (χ4v) is 3.25. The van der Waals surface area contributed by atoms with E-state index in [1.165, 1.54) is 37.9 Å². The summed E-state index contributed by atoms with van der Waals surface area (Å²) in [6, 6.07) is 8.23. The van der Waals surface area contributed by atoms with Crippen molar-refractivity contribution in [2.75, 3.05) is 47.4 Å². The van der Waals surface area contributed by atoms with Crippen molar-refractivity contribution < 1.29 is 4.74 Å². The average molecular weight is 347 g/mol. The second-order valence-corrected chi connectivity index (χ2v) is 6.98. The van der Waals surface area contributed by atoms with E-state index < -0.39 is 0 Å². The predicted molar refractivity (Wildman–Crippen MR) is 105 cm³/mol. The van der Waals surface area contributed by atoms with Crippen molar-refractivity contribution in [3.63, 3.8) is 0 Å². The quantitative estimate of drug-likeness (QED) is 0.609. The van der Waals surface area contributed by atoms with Gasteiger partial charge in [0.25, 0.3) is 0 Å². The first-order valence-electron chi connectivity index (χ1n) is 9.43. The molecule has 0 radical (unpaired) electrons. The minimum Gasteiger partial charge on any atom is -0.497 e. The minimum atomic E-state index is 0.828. The lowest BCUT2D eigenvalue weighted by Crippen LogP contribution is -2.38. The fourth-order valence-electron chi connectivity index (χ4n) is 3.25. The summed E-state index contributed by atoms with van der Waals surface area (Å²) in [5.74, 6) is 2.71. The molecule has 1 saturated heterocycles. The zero-order chi connectivity index (χ0) is 18.1. The first-order chi connectivity index (χ1) is 12.1. The van der Waals surface area contributed by atoms with Crippen LogP contribution in [-0.4, -0.2) is 63.1 Å². The van der Waals surface area contributed by atoms with Crippen molar-refractivity contribution in [1.82, 2.24) is 15.1 Å². The number of likely N-dealkylation sites (tertiary alicyclic amines) is 1. The number of nitrogens with one attached hydrogen (secondary N) is 1. The van der Waals surface area contributed by atoms with Gasteiger partial charge in [-0.3, -0.25) is 4.99 Å². The molecule has 2 rings (SSSR count). The molecule has 0 saturated carbocycles. The Balaban J connectivity index is 1.86. The molecule has 1 aromatic carbocycles. The number of rotatable bonds is 7. The molecule has 1 aromatic rings. The molecule has 0 bridgehead atoms. The summed E-state index contributed by atoms with van der Waals surface area (Å²) in [4.78, 5) is 9.47. The summed E-state index contributed by atoms with van der Waals surface area (Å²) in [6.07, 6.45) is 3.81. The Kier molecular flexibility index (Phi) is 8.06. The van der Waals surface area contributed by atoms with E-state index in [1.807, 2.05) is 12.1 Å². The summed E-state index contributed by atoms with van der Waals surface area (Å²) in [6.45, 7) is 7.21. The van der Waals surface area contributed by atoms with Gasteiger partial charge in [0.1, 0.15) is 5.75 Å². The molecule has 1 aliphatic heterocycles. The molecule has 1 N–H and O–H groups in total. The van der Waals surface area contributed by atoms with E-state index >= 15 is 0 Å². The second kappa shape index (κ2) is 10.3. The summed E-state index contributed by atoms with van der Waals surface area (Å²) in [7, 11) is 6.01. The van der Waals surface area contributed by atoms with Gasteiger partial charge in [-0.2, -0.15) is 0 Å². The molecule has 5 heteroatoms. The third-order valence-corrected chi connectivity index (χ3v) is 4.91. The molecule has 0 aromatic heterocycles. The van der Waals surface area contributed by atoms with Crippen molar-refractivity contribution in [3.05, 3.63) is 29.8 Å². The highest BCUT2D eigenvalue weighted by molar-refractivity contribution is 5.79. The topological polar surface area (TPSA) is 40.1 Å². The maximum Gasteiger partial charge on any atom is 0.193 e. The number of aliphatic imine (C=N–C) groups is 1. The zero-order valence-electron chi connectivity index (χ0n) is 16.3. The van der Waals surface area contributed by atoms with Crippen LogP contribution in [0.5, 0.6) is 5.75 Å². The highest BCUT2D eigenvalue weighted by Gasteiger charge is 2.16. The van der Waals surface area contributed by atoms with Gasteiger partial charge in [0.2, 0.25) is 0 Å². The standard InChI is InChI=1S/C20H34N4O/c1-5-21-20(22-13-10-17-11-14-23(2)15-12-17)24(3)16-18-6-8-19(25-4)9-7-18/h6-9,17H,5,10-16H2,1-4H3,(H,21,22). The fraction of sp³-hybridized carbons (Fsp3) is 0.650. The molecular formula is C20H34N4O. The largest absolute Gasteiger partial charge is 0.497 e. The molecule has 1 heterocycles. The Morgan fingerprint density at radius 3 is 2.56 bits per heavy atom. The van der Waals surface area contributed by atoms with Gasteiger partial charge in [-0.1, -0.05) is 12.1 Å². The molecule has 140 valence electrons. The predicted octanol–water partition coefficient (Wildman–Crippen LogP) is 2.82. The number of hydrogen-bond acceptors (Lipinski definition) is 3. The smallest absolute Gasteiger partial charge is 0.193 e. The minimum absolute atomic E-state index is 0.828. The third kappa shape index (κ3) is 6.58. The van der Waals surface area contributed by atoms with Gasteiger partial charge in [-0.05, 0) is 69.9 Å². The molecular weight excluding hydrogens is 312 g/mol. The van der Waals surface area contributed by atoms with E-state index in [1.54, 1.807) is 7.11 Å². The van der Waals surface area contributed by atoms with Crippen molar-refractivity contribution in [2.45, 2.75) is 32.7 Å². The Bertz CT molecular complexity index is 521. The SMILES string of the molecule is CCNC(=NCCC1CCN(C)CC1)N(C)Cc1ccc(OC)cc1. The molecule has 1 aliphatic rings. The molecule has 0 amide bonds. The number of guanidine groups is 1. The average Bonchev–Trinajstić information content (AvgIpc) is 2.63. The van der Waals surface area contributed by atoms with Crippen molar-refractivity contribution in [2.24, 2.45) is 10.9 Å². The number of methoxy groups -OCH3 is 1. The van der Waals surface area contributed by atoms with Crippen LogP contribution in [0.4, 0.5) is 0 Å². The van der Waals surface area contributed by atoms with Crippen LogP contribution < -0.4 is 10.1 Å². The van der Waals surface area contributed by atoms with Crippen LogP contribution in [0.2, 0.25) is 0 Å². The highest BCUT2D eigenvalue weighted by Crippen LogP contribution is 2.19.